The quantitative estimate of drug-likeness (QED) is 0.918. The maximum absolute atomic E-state index is 6.44. The highest BCUT2D eigenvalue weighted by Gasteiger charge is 2.20. The Morgan fingerprint density at radius 2 is 1.67 bits per heavy atom. The molecule has 0 amide bonds. The van der Waals surface area contributed by atoms with Crippen molar-refractivity contribution in [3.05, 3.63) is 57.6 Å². The lowest BCUT2D eigenvalue weighted by atomic mass is 9.94. The highest BCUT2D eigenvalue weighted by atomic mass is 35.5. The van der Waals surface area contributed by atoms with Gasteiger partial charge in [0.05, 0.1) is 6.04 Å². The zero-order valence-corrected chi connectivity index (χ0v) is 12.9. The van der Waals surface area contributed by atoms with E-state index < -0.39 is 0 Å². The molecule has 3 nitrogen and oxygen atoms in total. The topological polar surface area (TPSA) is 44.5 Å². The first-order valence-corrected chi connectivity index (χ1v) is 7.36. The number of hydrogen-bond donors (Lipinski definition) is 1. The molecule has 1 heterocycles. The number of ether oxygens (including phenoxy) is 2. The molecular weight excluding hydrogens is 286 g/mol. The van der Waals surface area contributed by atoms with E-state index in [9.17, 15) is 0 Å². The summed E-state index contributed by atoms with van der Waals surface area (Å²) in [6.07, 6.45) is 0. The van der Waals surface area contributed by atoms with Gasteiger partial charge in [-0.1, -0.05) is 35.4 Å². The first kappa shape index (κ1) is 14.2. The van der Waals surface area contributed by atoms with Gasteiger partial charge in [0.25, 0.3) is 0 Å². The van der Waals surface area contributed by atoms with E-state index in [0.717, 1.165) is 16.7 Å². The molecule has 0 saturated carbocycles. The van der Waals surface area contributed by atoms with E-state index >= 15 is 0 Å². The van der Waals surface area contributed by atoms with E-state index in [2.05, 4.69) is 32.0 Å². The van der Waals surface area contributed by atoms with Crippen molar-refractivity contribution in [2.24, 2.45) is 5.73 Å². The molecule has 1 aliphatic heterocycles. The zero-order chi connectivity index (χ0) is 15.0. The van der Waals surface area contributed by atoms with Gasteiger partial charge in [0, 0.05) is 11.1 Å². The Bertz CT molecular complexity index is 685. The van der Waals surface area contributed by atoms with Crippen molar-refractivity contribution in [1.29, 1.82) is 0 Å². The molecule has 110 valence electrons. The summed E-state index contributed by atoms with van der Waals surface area (Å²) < 4.78 is 11.2. The Morgan fingerprint density at radius 3 is 2.38 bits per heavy atom. The number of aryl methyl sites for hydroxylation is 2. The van der Waals surface area contributed by atoms with Gasteiger partial charge in [0.15, 0.2) is 11.5 Å². The molecule has 4 heteroatoms. The molecule has 0 spiro atoms. The smallest absolute Gasteiger partial charge is 0.162 e. The minimum Gasteiger partial charge on any atom is -0.486 e. The molecule has 2 aromatic carbocycles. The van der Waals surface area contributed by atoms with Gasteiger partial charge in [-0.05, 0) is 36.6 Å². The SMILES string of the molecule is Cc1ccc(C)c(C(N)c2cc3c(cc2Cl)OCCO3)c1. The predicted molar refractivity (Wildman–Crippen MR) is 84.4 cm³/mol. The highest BCUT2D eigenvalue weighted by Crippen LogP contribution is 2.39. The molecule has 3 rings (SSSR count). The molecule has 21 heavy (non-hydrogen) atoms. The molecule has 1 aliphatic rings. The second kappa shape index (κ2) is 5.58. The third kappa shape index (κ3) is 2.71. The normalized spacial score (nSPS) is 14.9. The van der Waals surface area contributed by atoms with Crippen LogP contribution in [0.15, 0.2) is 30.3 Å². The van der Waals surface area contributed by atoms with Crippen LogP contribution in [-0.2, 0) is 0 Å². The summed E-state index contributed by atoms with van der Waals surface area (Å²) in [5, 5.41) is 0.604. The summed E-state index contributed by atoms with van der Waals surface area (Å²) in [7, 11) is 0. The minimum absolute atomic E-state index is 0.284. The maximum Gasteiger partial charge on any atom is 0.162 e. The van der Waals surface area contributed by atoms with Crippen LogP contribution in [0, 0.1) is 13.8 Å². The van der Waals surface area contributed by atoms with Crippen LogP contribution < -0.4 is 15.2 Å². The minimum atomic E-state index is -0.284. The molecule has 0 aromatic heterocycles. The van der Waals surface area contributed by atoms with Crippen molar-refractivity contribution in [1.82, 2.24) is 0 Å². The zero-order valence-electron chi connectivity index (χ0n) is 12.2. The van der Waals surface area contributed by atoms with Gasteiger partial charge in [-0.3, -0.25) is 0 Å². The summed E-state index contributed by atoms with van der Waals surface area (Å²) in [4.78, 5) is 0. The van der Waals surface area contributed by atoms with Gasteiger partial charge in [-0.25, -0.2) is 0 Å². The van der Waals surface area contributed by atoms with E-state index in [1.165, 1.54) is 5.56 Å². The van der Waals surface area contributed by atoms with Crippen molar-refractivity contribution in [2.75, 3.05) is 13.2 Å². The summed E-state index contributed by atoms with van der Waals surface area (Å²) in [6.45, 7) is 5.21. The Labute approximate surface area is 129 Å². The van der Waals surface area contributed by atoms with Crippen LogP contribution in [0.2, 0.25) is 5.02 Å². The summed E-state index contributed by atoms with van der Waals surface area (Å²) in [5.41, 5.74) is 10.7. The molecule has 2 aromatic rings. The van der Waals surface area contributed by atoms with E-state index in [-0.39, 0.29) is 6.04 Å². The number of rotatable bonds is 2. The fraction of sp³-hybridized carbons (Fsp3) is 0.294. The molecule has 2 N–H and O–H groups in total. The number of nitrogens with two attached hydrogens (primary N) is 1. The first-order valence-electron chi connectivity index (χ1n) is 6.98. The van der Waals surface area contributed by atoms with Gasteiger partial charge in [-0.2, -0.15) is 0 Å². The fourth-order valence-corrected chi connectivity index (χ4v) is 2.85. The van der Waals surface area contributed by atoms with Crippen molar-refractivity contribution in [2.45, 2.75) is 19.9 Å². The van der Waals surface area contributed by atoms with Gasteiger partial charge in [0.2, 0.25) is 0 Å². The summed E-state index contributed by atoms with van der Waals surface area (Å²) in [5.74, 6) is 1.39. The van der Waals surface area contributed by atoms with Gasteiger partial charge < -0.3 is 15.2 Å². The monoisotopic (exact) mass is 303 g/mol. The van der Waals surface area contributed by atoms with Crippen LogP contribution in [0.1, 0.15) is 28.3 Å². The molecule has 0 bridgehead atoms. The largest absolute Gasteiger partial charge is 0.486 e. The standard InChI is InChI=1S/C17H18ClNO2/c1-10-3-4-11(2)12(7-10)17(19)13-8-15-16(9-14(13)18)21-6-5-20-15/h3-4,7-9,17H,5-6,19H2,1-2H3. The lowest BCUT2D eigenvalue weighted by Gasteiger charge is -2.22. The second-order valence-corrected chi connectivity index (χ2v) is 5.76. The van der Waals surface area contributed by atoms with E-state index in [0.29, 0.717) is 29.7 Å². The van der Waals surface area contributed by atoms with Crippen molar-refractivity contribution in [3.8, 4) is 11.5 Å². The summed E-state index contributed by atoms with van der Waals surface area (Å²) in [6, 6.07) is 9.66. The van der Waals surface area contributed by atoms with Crippen molar-refractivity contribution >= 4 is 11.6 Å². The van der Waals surface area contributed by atoms with Crippen LogP contribution in [0.5, 0.6) is 11.5 Å². The molecule has 0 saturated heterocycles. The summed E-state index contributed by atoms with van der Waals surface area (Å²) >= 11 is 6.38. The van der Waals surface area contributed by atoms with Crippen LogP contribution in [-0.4, -0.2) is 13.2 Å². The number of fused-ring (bicyclic) bond motifs is 1. The Kier molecular flexibility index (Phi) is 3.79. The van der Waals surface area contributed by atoms with Gasteiger partial charge in [-0.15, -0.1) is 0 Å². The average molecular weight is 304 g/mol. The van der Waals surface area contributed by atoms with Gasteiger partial charge in [0.1, 0.15) is 13.2 Å². The van der Waals surface area contributed by atoms with Crippen LogP contribution in [0.4, 0.5) is 0 Å². The first-order chi connectivity index (χ1) is 10.1. The number of halogens is 1. The lowest BCUT2D eigenvalue weighted by Crippen LogP contribution is -2.18. The molecule has 1 atom stereocenters. The molecule has 0 radical (unpaired) electrons. The van der Waals surface area contributed by atoms with Crippen LogP contribution >= 0.6 is 11.6 Å². The Hall–Kier alpha value is -1.71. The molecular formula is C17H18ClNO2. The fourth-order valence-electron chi connectivity index (χ4n) is 2.58. The van der Waals surface area contributed by atoms with E-state index in [4.69, 9.17) is 26.8 Å². The van der Waals surface area contributed by atoms with E-state index in [1.54, 1.807) is 6.07 Å². The van der Waals surface area contributed by atoms with Crippen LogP contribution in [0.25, 0.3) is 0 Å². The Morgan fingerprint density at radius 1 is 1.00 bits per heavy atom. The maximum atomic E-state index is 6.44. The lowest BCUT2D eigenvalue weighted by molar-refractivity contribution is 0.171. The number of benzene rings is 2. The van der Waals surface area contributed by atoms with E-state index in [1.807, 2.05) is 6.07 Å². The third-order valence-electron chi connectivity index (χ3n) is 3.77. The van der Waals surface area contributed by atoms with Crippen molar-refractivity contribution < 1.29 is 9.47 Å². The molecule has 0 aliphatic carbocycles. The molecule has 1 unspecified atom stereocenters. The highest BCUT2D eigenvalue weighted by molar-refractivity contribution is 6.31. The number of hydrogen-bond acceptors (Lipinski definition) is 3. The second-order valence-electron chi connectivity index (χ2n) is 5.36. The van der Waals surface area contributed by atoms with Crippen LogP contribution in [0.3, 0.4) is 0 Å². The van der Waals surface area contributed by atoms with Crippen molar-refractivity contribution in [3.63, 3.8) is 0 Å². The predicted octanol–water partition coefficient (Wildman–Crippen LogP) is 3.78. The third-order valence-corrected chi connectivity index (χ3v) is 4.09. The average Bonchev–Trinajstić information content (AvgIpc) is 2.48. The Balaban J connectivity index is 2.05. The molecule has 0 fully saturated rings. The van der Waals surface area contributed by atoms with Gasteiger partial charge >= 0.3 is 0 Å².